The standard InChI is InChI=1S/C18H14BrN3O2/c1-23-12-6-7-15(19)14(9-12)18-21-17(22-24-18)8-11-10-20-16-5-3-2-4-13(11)16/h2-7,9-10,20H,8H2,1H3. The van der Waals surface area contributed by atoms with Gasteiger partial charge in [-0.3, -0.25) is 0 Å². The molecular weight excluding hydrogens is 370 g/mol. The summed E-state index contributed by atoms with van der Waals surface area (Å²) < 4.78 is 11.6. The molecule has 4 rings (SSSR count). The summed E-state index contributed by atoms with van der Waals surface area (Å²) in [6, 6.07) is 13.8. The molecule has 2 aromatic heterocycles. The van der Waals surface area contributed by atoms with Crippen LogP contribution in [0.15, 0.2) is 57.7 Å². The normalized spacial score (nSPS) is 11.1. The Bertz CT molecular complexity index is 1010. The van der Waals surface area contributed by atoms with Gasteiger partial charge in [-0.05, 0) is 45.8 Å². The first-order chi connectivity index (χ1) is 11.7. The molecule has 0 atom stereocenters. The van der Waals surface area contributed by atoms with Gasteiger partial charge in [0, 0.05) is 28.0 Å². The Labute approximate surface area is 146 Å². The number of rotatable bonds is 4. The van der Waals surface area contributed by atoms with Gasteiger partial charge in [0.25, 0.3) is 5.89 Å². The van der Waals surface area contributed by atoms with Crippen molar-refractivity contribution in [3.8, 4) is 17.2 Å². The molecule has 120 valence electrons. The Morgan fingerprint density at radius 3 is 2.96 bits per heavy atom. The maximum Gasteiger partial charge on any atom is 0.259 e. The van der Waals surface area contributed by atoms with Crippen LogP contribution >= 0.6 is 15.9 Å². The van der Waals surface area contributed by atoms with Crippen molar-refractivity contribution in [1.29, 1.82) is 0 Å². The molecule has 6 heteroatoms. The smallest absolute Gasteiger partial charge is 0.259 e. The molecule has 5 nitrogen and oxygen atoms in total. The molecule has 0 aliphatic rings. The van der Waals surface area contributed by atoms with Crippen LogP contribution in [0.5, 0.6) is 5.75 Å². The first-order valence-electron chi connectivity index (χ1n) is 7.46. The molecule has 0 saturated heterocycles. The number of methoxy groups -OCH3 is 1. The second-order valence-electron chi connectivity index (χ2n) is 5.40. The van der Waals surface area contributed by atoms with E-state index in [2.05, 4.69) is 37.1 Å². The van der Waals surface area contributed by atoms with Gasteiger partial charge < -0.3 is 14.2 Å². The van der Waals surface area contributed by atoms with Crippen LogP contribution in [-0.4, -0.2) is 22.2 Å². The van der Waals surface area contributed by atoms with Crippen molar-refractivity contribution < 1.29 is 9.26 Å². The summed E-state index contributed by atoms with van der Waals surface area (Å²) in [4.78, 5) is 7.78. The number of benzene rings is 2. The van der Waals surface area contributed by atoms with Crippen LogP contribution < -0.4 is 4.74 Å². The van der Waals surface area contributed by atoms with Gasteiger partial charge in [-0.2, -0.15) is 4.98 Å². The molecule has 2 aromatic carbocycles. The lowest BCUT2D eigenvalue weighted by Crippen LogP contribution is -1.90. The number of para-hydroxylation sites is 1. The number of fused-ring (bicyclic) bond motifs is 1. The zero-order chi connectivity index (χ0) is 16.5. The van der Waals surface area contributed by atoms with Gasteiger partial charge in [0.05, 0.1) is 12.7 Å². The fourth-order valence-electron chi connectivity index (χ4n) is 2.68. The maximum absolute atomic E-state index is 5.43. The van der Waals surface area contributed by atoms with Crippen molar-refractivity contribution in [2.75, 3.05) is 7.11 Å². The highest BCUT2D eigenvalue weighted by Crippen LogP contribution is 2.31. The Balaban J connectivity index is 1.66. The molecule has 0 amide bonds. The van der Waals surface area contributed by atoms with Crippen molar-refractivity contribution in [1.82, 2.24) is 15.1 Å². The van der Waals surface area contributed by atoms with Crippen molar-refractivity contribution in [2.45, 2.75) is 6.42 Å². The van der Waals surface area contributed by atoms with E-state index in [9.17, 15) is 0 Å². The lowest BCUT2D eigenvalue weighted by Gasteiger charge is -2.02. The third-order valence-corrected chi connectivity index (χ3v) is 4.59. The average Bonchev–Trinajstić information content (AvgIpc) is 3.23. The highest BCUT2D eigenvalue weighted by molar-refractivity contribution is 9.10. The average molecular weight is 384 g/mol. The van der Waals surface area contributed by atoms with E-state index in [1.807, 2.05) is 42.6 Å². The van der Waals surface area contributed by atoms with Crippen LogP contribution in [0.4, 0.5) is 0 Å². The summed E-state index contributed by atoms with van der Waals surface area (Å²) in [6.07, 6.45) is 2.59. The second-order valence-corrected chi connectivity index (χ2v) is 6.25. The first kappa shape index (κ1) is 15.0. The van der Waals surface area contributed by atoms with Gasteiger partial charge in [-0.25, -0.2) is 0 Å². The molecule has 0 saturated carbocycles. The predicted molar refractivity (Wildman–Crippen MR) is 95.1 cm³/mol. The molecule has 0 spiro atoms. The third kappa shape index (κ3) is 2.69. The minimum Gasteiger partial charge on any atom is -0.497 e. The van der Waals surface area contributed by atoms with Crippen LogP contribution in [0, 0.1) is 0 Å². The van der Waals surface area contributed by atoms with Crippen LogP contribution in [0.1, 0.15) is 11.4 Å². The van der Waals surface area contributed by atoms with E-state index in [0.29, 0.717) is 18.1 Å². The molecule has 0 aliphatic heterocycles. The summed E-state index contributed by atoms with van der Waals surface area (Å²) >= 11 is 3.51. The summed E-state index contributed by atoms with van der Waals surface area (Å²) in [5.41, 5.74) is 3.06. The number of hydrogen-bond donors (Lipinski definition) is 1. The molecule has 0 aliphatic carbocycles. The number of aromatic nitrogens is 3. The molecule has 1 N–H and O–H groups in total. The van der Waals surface area contributed by atoms with Gasteiger partial charge in [0.15, 0.2) is 5.82 Å². The number of nitrogens with zero attached hydrogens (tertiary/aromatic N) is 2. The molecule has 2 heterocycles. The molecule has 0 radical (unpaired) electrons. The van der Waals surface area contributed by atoms with E-state index < -0.39 is 0 Å². The van der Waals surface area contributed by atoms with E-state index in [0.717, 1.165) is 26.9 Å². The van der Waals surface area contributed by atoms with E-state index in [1.54, 1.807) is 7.11 Å². The number of aromatic amines is 1. The number of halogens is 1. The number of H-pyrrole nitrogens is 1. The fourth-order valence-corrected chi connectivity index (χ4v) is 3.09. The highest BCUT2D eigenvalue weighted by Gasteiger charge is 2.14. The summed E-state index contributed by atoms with van der Waals surface area (Å²) in [5.74, 6) is 1.85. The van der Waals surface area contributed by atoms with Gasteiger partial charge in [-0.15, -0.1) is 0 Å². The van der Waals surface area contributed by atoms with Crippen LogP contribution in [0.2, 0.25) is 0 Å². The predicted octanol–water partition coefficient (Wildman–Crippen LogP) is 4.58. The minimum absolute atomic E-state index is 0.468. The second kappa shape index (κ2) is 6.13. The molecule has 24 heavy (non-hydrogen) atoms. The molecular formula is C18H14BrN3O2. The van der Waals surface area contributed by atoms with Crippen LogP contribution in [0.3, 0.4) is 0 Å². The Kier molecular flexibility index (Phi) is 3.82. The summed E-state index contributed by atoms with van der Waals surface area (Å²) in [6.45, 7) is 0. The number of hydrogen-bond acceptors (Lipinski definition) is 4. The van der Waals surface area contributed by atoms with Crippen LogP contribution in [-0.2, 0) is 6.42 Å². The van der Waals surface area contributed by atoms with Gasteiger partial charge in [0.1, 0.15) is 5.75 Å². The van der Waals surface area contributed by atoms with Gasteiger partial charge in [0.2, 0.25) is 0 Å². The Morgan fingerprint density at radius 2 is 2.08 bits per heavy atom. The highest BCUT2D eigenvalue weighted by atomic mass is 79.9. The lowest BCUT2D eigenvalue weighted by molar-refractivity contribution is 0.412. The maximum atomic E-state index is 5.43. The van der Waals surface area contributed by atoms with E-state index >= 15 is 0 Å². The third-order valence-electron chi connectivity index (χ3n) is 3.90. The largest absolute Gasteiger partial charge is 0.497 e. The van der Waals surface area contributed by atoms with Crippen molar-refractivity contribution in [2.24, 2.45) is 0 Å². The summed E-state index contributed by atoms with van der Waals surface area (Å²) in [5, 5.41) is 5.28. The molecule has 0 bridgehead atoms. The van der Waals surface area contributed by atoms with Gasteiger partial charge in [-0.1, -0.05) is 23.4 Å². The zero-order valence-electron chi connectivity index (χ0n) is 12.9. The lowest BCUT2D eigenvalue weighted by atomic mass is 10.1. The SMILES string of the molecule is COc1ccc(Br)c(-c2nc(Cc3c[nH]c4ccccc34)no2)c1. The molecule has 0 unspecified atom stereocenters. The quantitative estimate of drug-likeness (QED) is 0.560. The van der Waals surface area contributed by atoms with E-state index in [1.165, 1.54) is 5.39 Å². The Hall–Kier alpha value is -2.60. The Morgan fingerprint density at radius 1 is 1.21 bits per heavy atom. The minimum atomic E-state index is 0.468. The van der Waals surface area contributed by atoms with E-state index in [4.69, 9.17) is 9.26 Å². The van der Waals surface area contributed by atoms with Crippen molar-refractivity contribution in [3.05, 3.63) is 64.5 Å². The van der Waals surface area contributed by atoms with Crippen molar-refractivity contribution >= 4 is 26.8 Å². The number of nitrogens with one attached hydrogen (secondary N) is 1. The topological polar surface area (TPSA) is 63.9 Å². The van der Waals surface area contributed by atoms with E-state index in [-0.39, 0.29) is 0 Å². The molecule has 0 fully saturated rings. The fraction of sp³-hybridized carbons (Fsp3) is 0.111. The molecule has 4 aromatic rings. The van der Waals surface area contributed by atoms with Crippen LogP contribution in [0.25, 0.3) is 22.4 Å². The van der Waals surface area contributed by atoms with Crippen molar-refractivity contribution in [3.63, 3.8) is 0 Å². The summed E-state index contributed by atoms with van der Waals surface area (Å²) in [7, 11) is 1.63. The number of ether oxygens (including phenoxy) is 1. The monoisotopic (exact) mass is 383 g/mol. The zero-order valence-corrected chi connectivity index (χ0v) is 14.5. The first-order valence-corrected chi connectivity index (χ1v) is 8.25. The van der Waals surface area contributed by atoms with Gasteiger partial charge >= 0.3 is 0 Å².